The van der Waals surface area contributed by atoms with Crippen LogP contribution >= 0.6 is 0 Å². The van der Waals surface area contributed by atoms with Crippen molar-refractivity contribution in [2.24, 2.45) is 5.14 Å². The average molecular weight is 353 g/mol. The van der Waals surface area contributed by atoms with Gasteiger partial charge in [0.1, 0.15) is 5.56 Å². The van der Waals surface area contributed by atoms with Crippen LogP contribution in [0.15, 0.2) is 36.5 Å². The molecule has 0 atom stereocenters. The summed E-state index contributed by atoms with van der Waals surface area (Å²) in [7, 11) is -3.77. The maximum atomic E-state index is 14.5. The summed E-state index contributed by atoms with van der Waals surface area (Å²) in [4.78, 5) is 13.8. The van der Waals surface area contributed by atoms with E-state index in [0.717, 1.165) is 8.99 Å². The molecule has 0 unspecified atom stereocenters. The first-order chi connectivity index (χ1) is 11.4. The van der Waals surface area contributed by atoms with Crippen LogP contribution in [0.1, 0.15) is 10.4 Å². The van der Waals surface area contributed by atoms with E-state index >= 15 is 0 Å². The molecule has 2 heterocycles. The van der Waals surface area contributed by atoms with Gasteiger partial charge in [-0.25, -0.2) is 9.82 Å². The lowest BCUT2D eigenvalue weighted by Crippen LogP contribution is -2.52. The predicted octanol–water partition coefficient (Wildman–Crippen LogP) is -0.0273. The van der Waals surface area contributed by atoms with Crippen LogP contribution in [-0.4, -0.2) is 59.5 Å². The van der Waals surface area contributed by atoms with Crippen molar-refractivity contribution in [2.45, 2.75) is 0 Å². The monoisotopic (exact) mass is 353 g/mol. The van der Waals surface area contributed by atoms with Crippen molar-refractivity contribution in [3.63, 3.8) is 0 Å². The largest absolute Gasteiger partial charge is 0.336 e. The molecule has 10 heteroatoms. The SMILES string of the molecule is NS(=O)(=O)N1CCN(C(=O)c2cnn(-c3ccccc3)c2F)CC1. The number of hydrogen-bond acceptors (Lipinski definition) is 4. The fourth-order valence-electron chi connectivity index (χ4n) is 2.54. The average Bonchev–Trinajstić information content (AvgIpc) is 2.96. The van der Waals surface area contributed by atoms with Crippen molar-refractivity contribution in [3.05, 3.63) is 48.0 Å². The third-order valence-corrected chi connectivity index (χ3v) is 4.91. The number of amides is 1. The van der Waals surface area contributed by atoms with E-state index in [9.17, 15) is 17.6 Å². The van der Waals surface area contributed by atoms with Gasteiger partial charge < -0.3 is 4.90 Å². The Labute approximate surface area is 138 Å². The van der Waals surface area contributed by atoms with Crippen molar-refractivity contribution in [2.75, 3.05) is 26.2 Å². The van der Waals surface area contributed by atoms with Crippen LogP contribution in [0.25, 0.3) is 5.69 Å². The minimum absolute atomic E-state index is 0.0824. The number of carbonyl (C=O) groups excluding carboxylic acids is 1. The van der Waals surface area contributed by atoms with E-state index < -0.39 is 22.1 Å². The number of rotatable bonds is 3. The number of hydrogen-bond donors (Lipinski definition) is 1. The van der Waals surface area contributed by atoms with Gasteiger partial charge in [0.05, 0.1) is 11.9 Å². The van der Waals surface area contributed by atoms with E-state index in [4.69, 9.17) is 5.14 Å². The zero-order valence-corrected chi connectivity index (χ0v) is 13.5. The molecule has 8 nitrogen and oxygen atoms in total. The Hall–Kier alpha value is -2.30. The van der Waals surface area contributed by atoms with Gasteiger partial charge in [-0.1, -0.05) is 18.2 Å². The number of para-hydroxylation sites is 1. The van der Waals surface area contributed by atoms with Crippen LogP contribution in [0.5, 0.6) is 0 Å². The Morgan fingerprint density at radius 1 is 1.12 bits per heavy atom. The van der Waals surface area contributed by atoms with Crippen LogP contribution in [0.2, 0.25) is 0 Å². The van der Waals surface area contributed by atoms with Crippen LogP contribution in [-0.2, 0) is 10.2 Å². The van der Waals surface area contributed by atoms with E-state index in [1.54, 1.807) is 30.3 Å². The highest BCUT2D eigenvalue weighted by atomic mass is 32.2. The van der Waals surface area contributed by atoms with Gasteiger partial charge in [-0.05, 0) is 12.1 Å². The van der Waals surface area contributed by atoms with E-state index in [1.807, 2.05) is 0 Å². The summed E-state index contributed by atoms with van der Waals surface area (Å²) >= 11 is 0. The predicted molar refractivity (Wildman–Crippen MR) is 84.1 cm³/mol. The summed E-state index contributed by atoms with van der Waals surface area (Å²) in [5.74, 6) is -1.27. The fraction of sp³-hybridized carbons (Fsp3) is 0.286. The van der Waals surface area contributed by atoms with E-state index in [2.05, 4.69) is 5.10 Å². The van der Waals surface area contributed by atoms with Crippen LogP contribution in [0.4, 0.5) is 4.39 Å². The van der Waals surface area contributed by atoms with Gasteiger partial charge in [0.2, 0.25) is 5.95 Å². The Morgan fingerprint density at radius 2 is 1.75 bits per heavy atom. The summed E-state index contributed by atoms with van der Waals surface area (Å²) < 4.78 is 39.2. The molecule has 1 aromatic heterocycles. The fourth-order valence-corrected chi connectivity index (χ4v) is 3.21. The molecule has 0 bridgehead atoms. The Morgan fingerprint density at radius 3 is 2.33 bits per heavy atom. The van der Waals surface area contributed by atoms with Gasteiger partial charge in [0.25, 0.3) is 16.1 Å². The second kappa shape index (κ2) is 6.30. The lowest BCUT2D eigenvalue weighted by atomic mass is 10.2. The normalized spacial score (nSPS) is 16.3. The number of benzene rings is 1. The maximum Gasteiger partial charge on any atom is 0.277 e. The molecule has 24 heavy (non-hydrogen) atoms. The molecule has 1 aliphatic rings. The molecule has 128 valence electrons. The van der Waals surface area contributed by atoms with E-state index in [1.165, 1.54) is 11.1 Å². The third kappa shape index (κ3) is 3.16. The van der Waals surface area contributed by atoms with Crippen LogP contribution in [0.3, 0.4) is 0 Å². The smallest absolute Gasteiger partial charge is 0.277 e. The molecule has 1 fully saturated rings. The van der Waals surface area contributed by atoms with Crippen molar-refractivity contribution >= 4 is 16.1 Å². The lowest BCUT2D eigenvalue weighted by Gasteiger charge is -2.32. The molecule has 3 rings (SSSR count). The third-order valence-electron chi connectivity index (χ3n) is 3.83. The number of piperazine rings is 1. The van der Waals surface area contributed by atoms with Gasteiger partial charge in [-0.15, -0.1) is 0 Å². The Kier molecular flexibility index (Phi) is 4.35. The molecule has 0 radical (unpaired) electrons. The van der Waals surface area contributed by atoms with E-state index in [-0.39, 0.29) is 31.7 Å². The van der Waals surface area contributed by atoms with Gasteiger partial charge in [-0.2, -0.15) is 22.2 Å². The van der Waals surface area contributed by atoms with Gasteiger partial charge in [0, 0.05) is 26.2 Å². The highest BCUT2D eigenvalue weighted by Gasteiger charge is 2.29. The van der Waals surface area contributed by atoms with Crippen molar-refractivity contribution < 1.29 is 17.6 Å². The molecule has 2 aromatic rings. The first kappa shape index (κ1) is 16.6. The van der Waals surface area contributed by atoms with Gasteiger partial charge in [0.15, 0.2) is 0 Å². The summed E-state index contributed by atoms with van der Waals surface area (Å²) in [6.07, 6.45) is 1.18. The highest BCUT2D eigenvalue weighted by molar-refractivity contribution is 7.86. The number of nitrogens with two attached hydrogens (primary N) is 1. The number of carbonyl (C=O) groups is 1. The maximum absolute atomic E-state index is 14.5. The first-order valence-corrected chi connectivity index (χ1v) is 8.74. The molecular weight excluding hydrogens is 337 g/mol. The molecule has 2 N–H and O–H groups in total. The van der Waals surface area contributed by atoms with Crippen LogP contribution in [0, 0.1) is 5.95 Å². The van der Waals surface area contributed by atoms with Gasteiger partial charge >= 0.3 is 0 Å². The first-order valence-electron chi connectivity index (χ1n) is 7.24. The number of nitrogens with zero attached hydrogens (tertiary/aromatic N) is 4. The second-order valence-electron chi connectivity index (χ2n) is 5.33. The van der Waals surface area contributed by atoms with Crippen LogP contribution < -0.4 is 5.14 Å². The molecule has 1 saturated heterocycles. The molecule has 0 saturated carbocycles. The van der Waals surface area contributed by atoms with E-state index in [0.29, 0.717) is 5.69 Å². The topological polar surface area (TPSA) is 102 Å². The van der Waals surface area contributed by atoms with Crippen molar-refractivity contribution in [1.82, 2.24) is 19.0 Å². The van der Waals surface area contributed by atoms with Crippen molar-refractivity contribution in [3.8, 4) is 5.69 Å². The minimum Gasteiger partial charge on any atom is -0.336 e. The summed E-state index contributed by atoms with van der Waals surface area (Å²) in [6, 6.07) is 8.63. The Bertz CT molecular complexity index is 845. The quantitative estimate of drug-likeness (QED) is 0.837. The Balaban J connectivity index is 1.77. The summed E-state index contributed by atoms with van der Waals surface area (Å²) in [5, 5.41) is 8.98. The summed E-state index contributed by atoms with van der Waals surface area (Å²) in [6.45, 7) is 0.453. The molecule has 1 amide bonds. The number of halogens is 1. The lowest BCUT2D eigenvalue weighted by molar-refractivity contribution is 0.0692. The van der Waals surface area contributed by atoms with Gasteiger partial charge in [-0.3, -0.25) is 4.79 Å². The zero-order chi connectivity index (χ0) is 17.3. The molecule has 0 aliphatic carbocycles. The molecular formula is C14H16FN5O3S. The minimum atomic E-state index is -3.77. The molecule has 0 spiro atoms. The van der Waals surface area contributed by atoms with Crippen molar-refractivity contribution in [1.29, 1.82) is 0 Å². The standard InChI is InChI=1S/C14H16FN5O3S/c15-13-12(10-17-20(13)11-4-2-1-3-5-11)14(21)18-6-8-19(9-7-18)24(16,22)23/h1-5,10H,6-9H2,(H2,16,22,23). The summed E-state index contributed by atoms with van der Waals surface area (Å²) in [5.41, 5.74) is 0.357. The molecule has 1 aliphatic heterocycles. The highest BCUT2D eigenvalue weighted by Crippen LogP contribution is 2.16. The number of aromatic nitrogens is 2. The second-order valence-corrected chi connectivity index (χ2v) is 6.88. The molecule has 1 aromatic carbocycles. The zero-order valence-electron chi connectivity index (χ0n) is 12.7.